The van der Waals surface area contributed by atoms with E-state index >= 15 is 0 Å². The third-order valence-corrected chi connectivity index (χ3v) is 1.18. The third kappa shape index (κ3) is 1.37. The van der Waals surface area contributed by atoms with Crippen LogP contribution in [0.25, 0.3) is 0 Å². The molecule has 0 aliphatic carbocycles. The van der Waals surface area contributed by atoms with Crippen molar-refractivity contribution in [2.75, 3.05) is 0 Å². The lowest BCUT2D eigenvalue weighted by atomic mass is 10.2. The predicted octanol–water partition coefficient (Wildman–Crippen LogP) is 0.988. The summed E-state index contributed by atoms with van der Waals surface area (Å²) in [6.07, 6.45) is 1.47. The van der Waals surface area contributed by atoms with Crippen LogP contribution in [-0.2, 0) is 0 Å². The molecular formula is C7H8N2O. The molecule has 0 radical (unpaired) electrons. The average molecular weight is 136 g/mol. The van der Waals surface area contributed by atoms with Gasteiger partial charge in [-0.1, -0.05) is 0 Å². The molecule has 0 amide bonds. The van der Waals surface area contributed by atoms with Crippen molar-refractivity contribution in [3.63, 3.8) is 0 Å². The maximum Gasteiger partial charge on any atom is 0.161 e. The van der Waals surface area contributed by atoms with Gasteiger partial charge in [0.25, 0.3) is 0 Å². The fraction of sp³-hybridized carbons (Fsp3) is 0.286. The molecule has 0 bridgehead atoms. The largest absolute Gasteiger partial charge is 0.294 e. The zero-order valence-electron chi connectivity index (χ0n) is 5.96. The molecule has 0 N–H and O–H groups in total. The Kier molecular flexibility index (Phi) is 1.76. The first-order valence-corrected chi connectivity index (χ1v) is 3.00. The van der Waals surface area contributed by atoms with Gasteiger partial charge in [-0.25, -0.2) is 0 Å². The maximum atomic E-state index is 10.7. The summed E-state index contributed by atoms with van der Waals surface area (Å²) in [5, 5.41) is 7.35. The van der Waals surface area contributed by atoms with Crippen molar-refractivity contribution in [1.82, 2.24) is 10.2 Å². The van der Waals surface area contributed by atoms with Gasteiger partial charge in [0, 0.05) is 5.56 Å². The molecule has 10 heavy (non-hydrogen) atoms. The van der Waals surface area contributed by atoms with Gasteiger partial charge in [0.2, 0.25) is 0 Å². The number of hydrogen-bond acceptors (Lipinski definition) is 3. The van der Waals surface area contributed by atoms with Crippen LogP contribution in [0.4, 0.5) is 0 Å². The van der Waals surface area contributed by atoms with Gasteiger partial charge < -0.3 is 0 Å². The predicted molar refractivity (Wildman–Crippen MR) is 36.8 cm³/mol. The molecule has 0 atom stereocenters. The second-order valence-corrected chi connectivity index (χ2v) is 2.14. The smallest absolute Gasteiger partial charge is 0.161 e. The van der Waals surface area contributed by atoms with Gasteiger partial charge in [-0.15, -0.1) is 0 Å². The Hall–Kier alpha value is -1.25. The minimum atomic E-state index is 0.0259. The molecule has 0 saturated carbocycles. The number of carbonyl (C=O) groups is 1. The summed E-state index contributed by atoms with van der Waals surface area (Å²) < 4.78 is 0. The van der Waals surface area contributed by atoms with Gasteiger partial charge in [-0.05, 0) is 19.9 Å². The standard InChI is InChI=1S/C7H8N2O/c1-5-3-7(6(2)10)4-8-9-5/h3-4H,1-2H3. The van der Waals surface area contributed by atoms with Gasteiger partial charge in [-0.3, -0.25) is 4.79 Å². The summed E-state index contributed by atoms with van der Waals surface area (Å²) in [5.74, 6) is 0.0259. The summed E-state index contributed by atoms with van der Waals surface area (Å²) >= 11 is 0. The molecule has 1 aromatic rings. The third-order valence-electron chi connectivity index (χ3n) is 1.18. The van der Waals surface area contributed by atoms with Crippen molar-refractivity contribution in [1.29, 1.82) is 0 Å². The van der Waals surface area contributed by atoms with Crippen LogP contribution in [0.1, 0.15) is 23.0 Å². The first kappa shape index (κ1) is 6.86. The summed E-state index contributed by atoms with van der Waals surface area (Å²) in [6, 6.07) is 1.72. The van der Waals surface area contributed by atoms with E-state index in [1.807, 2.05) is 0 Å². The van der Waals surface area contributed by atoms with Crippen molar-refractivity contribution in [2.24, 2.45) is 0 Å². The maximum absolute atomic E-state index is 10.7. The Morgan fingerprint density at radius 2 is 2.30 bits per heavy atom. The van der Waals surface area contributed by atoms with E-state index in [4.69, 9.17) is 0 Å². The van der Waals surface area contributed by atoms with Gasteiger partial charge in [-0.2, -0.15) is 10.2 Å². The Morgan fingerprint density at radius 3 is 2.70 bits per heavy atom. The van der Waals surface area contributed by atoms with E-state index in [1.165, 1.54) is 13.1 Å². The fourth-order valence-electron chi connectivity index (χ4n) is 0.666. The van der Waals surface area contributed by atoms with Crippen LogP contribution in [0.5, 0.6) is 0 Å². The second-order valence-electron chi connectivity index (χ2n) is 2.14. The van der Waals surface area contributed by atoms with Crippen LogP contribution in [0, 0.1) is 6.92 Å². The molecule has 0 spiro atoms. The molecular weight excluding hydrogens is 128 g/mol. The molecule has 52 valence electrons. The molecule has 1 aromatic heterocycles. The monoisotopic (exact) mass is 136 g/mol. The van der Waals surface area contributed by atoms with Gasteiger partial charge in [0.1, 0.15) is 0 Å². The normalized spacial score (nSPS) is 9.40. The average Bonchev–Trinajstić information content (AvgIpc) is 1.88. The number of aromatic nitrogens is 2. The van der Waals surface area contributed by atoms with Gasteiger partial charge in [0.05, 0.1) is 11.9 Å². The van der Waals surface area contributed by atoms with E-state index in [1.54, 1.807) is 13.0 Å². The van der Waals surface area contributed by atoms with Crippen molar-refractivity contribution in [2.45, 2.75) is 13.8 Å². The Balaban J connectivity index is 3.07. The lowest BCUT2D eigenvalue weighted by molar-refractivity contribution is 0.101. The Labute approximate surface area is 59.1 Å². The van der Waals surface area contributed by atoms with E-state index < -0.39 is 0 Å². The first-order chi connectivity index (χ1) is 4.70. The van der Waals surface area contributed by atoms with Crippen LogP contribution >= 0.6 is 0 Å². The van der Waals surface area contributed by atoms with Crippen LogP contribution in [0.3, 0.4) is 0 Å². The fourth-order valence-corrected chi connectivity index (χ4v) is 0.666. The van der Waals surface area contributed by atoms with Crippen molar-refractivity contribution in [3.8, 4) is 0 Å². The highest BCUT2D eigenvalue weighted by molar-refractivity contribution is 5.93. The summed E-state index contributed by atoms with van der Waals surface area (Å²) in [5.41, 5.74) is 1.39. The van der Waals surface area contributed by atoms with Crippen LogP contribution < -0.4 is 0 Å². The van der Waals surface area contributed by atoms with Crippen molar-refractivity contribution >= 4 is 5.78 Å². The number of carbonyl (C=O) groups excluding carboxylic acids is 1. The molecule has 0 aliphatic heterocycles. The van der Waals surface area contributed by atoms with Crippen molar-refractivity contribution in [3.05, 3.63) is 23.5 Å². The lowest BCUT2D eigenvalue weighted by Crippen LogP contribution is -1.95. The Bertz CT molecular complexity index is 258. The number of ketones is 1. The molecule has 0 fully saturated rings. The summed E-state index contributed by atoms with van der Waals surface area (Å²) in [7, 11) is 0. The summed E-state index contributed by atoms with van der Waals surface area (Å²) in [4.78, 5) is 10.7. The molecule has 1 rings (SSSR count). The second kappa shape index (κ2) is 2.56. The number of nitrogens with zero attached hydrogens (tertiary/aromatic N) is 2. The zero-order valence-corrected chi connectivity index (χ0v) is 5.96. The number of Topliss-reactive ketones (excluding diaryl/α,β-unsaturated/α-hetero) is 1. The quantitative estimate of drug-likeness (QED) is 0.540. The molecule has 1 heterocycles. The van der Waals surface area contributed by atoms with Gasteiger partial charge >= 0.3 is 0 Å². The minimum absolute atomic E-state index is 0.0259. The van der Waals surface area contributed by atoms with Crippen molar-refractivity contribution < 1.29 is 4.79 Å². The first-order valence-electron chi connectivity index (χ1n) is 3.00. The van der Waals surface area contributed by atoms with Crippen LogP contribution in [-0.4, -0.2) is 16.0 Å². The van der Waals surface area contributed by atoms with E-state index in [9.17, 15) is 4.79 Å². The van der Waals surface area contributed by atoms with Crippen LogP contribution in [0.15, 0.2) is 12.3 Å². The highest BCUT2D eigenvalue weighted by Gasteiger charge is 1.98. The Morgan fingerprint density at radius 1 is 1.60 bits per heavy atom. The van der Waals surface area contributed by atoms with Crippen LogP contribution in [0.2, 0.25) is 0 Å². The van der Waals surface area contributed by atoms with E-state index in [0.717, 1.165) is 5.69 Å². The molecule has 3 heteroatoms. The number of aryl methyl sites for hydroxylation is 1. The highest BCUT2D eigenvalue weighted by atomic mass is 16.1. The summed E-state index contributed by atoms with van der Waals surface area (Å²) in [6.45, 7) is 3.32. The molecule has 3 nitrogen and oxygen atoms in total. The van der Waals surface area contributed by atoms with E-state index in [2.05, 4.69) is 10.2 Å². The van der Waals surface area contributed by atoms with Gasteiger partial charge in [0.15, 0.2) is 5.78 Å². The number of hydrogen-bond donors (Lipinski definition) is 0. The highest BCUT2D eigenvalue weighted by Crippen LogP contribution is 1.98. The SMILES string of the molecule is CC(=O)c1cnnc(C)c1. The molecule has 0 unspecified atom stereocenters. The zero-order chi connectivity index (χ0) is 7.56. The molecule has 0 saturated heterocycles. The minimum Gasteiger partial charge on any atom is -0.294 e. The molecule has 0 aliphatic rings. The topological polar surface area (TPSA) is 42.9 Å². The number of rotatable bonds is 1. The van der Waals surface area contributed by atoms with E-state index in [-0.39, 0.29) is 5.78 Å². The van der Waals surface area contributed by atoms with E-state index in [0.29, 0.717) is 5.56 Å². The lowest BCUT2D eigenvalue weighted by Gasteiger charge is -1.92. The molecule has 0 aromatic carbocycles.